The summed E-state index contributed by atoms with van der Waals surface area (Å²) in [6.07, 6.45) is 3.75. The van der Waals surface area contributed by atoms with Gasteiger partial charge in [-0.1, -0.05) is 25.1 Å². The second kappa shape index (κ2) is 5.51. The summed E-state index contributed by atoms with van der Waals surface area (Å²) < 4.78 is 0. The molecule has 104 valence electrons. The molecule has 1 N–H and O–H groups in total. The number of hydrogen-bond donors (Lipinski definition) is 1. The van der Waals surface area contributed by atoms with E-state index in [-0.39, 0.29) is 0 Å². The molecule has 0 amide bonds. The molecule has 19 heavy (non-hydrogen) atoms. The van der Waals surface area contributed by atoms with E-state index in [1.54, 1.807) is 0 Å². The smallest absolute Gasteiger partial charge is 0.120 e. The molecule has 0 bridgehead atoms. The molecule has 0 aliphatic carbocycles. The molecule has 2 atom stereocenters. The van der Waals surface area contributed by atoms with Crippen LogP contribution in [0.3, 0.4) is 0 Å². The Labute approximate surface area is 115 Å². The average molecular weight is 260 g/mol. The highest BCUT2D eigenvalue weighted by Gasteiger charge is 2.33. The van der Waals surface area contributed by atoms with E-state index in [9.17, 15) is 5.11 Å². The lowest BCUT2D eigenvalue weighted by atomic mass is 9.99. The Morgan fingerprint density at radius 2 is 2.11 bits per heavy atom. The van der Waals surface area contributed by atoms with Gasteiger partial charge in [-0.2, -0.15) is 0 Å². The number of benzene rings is 1. The lowest BCUT2D eigenvalue weighted by Gasteiger charge is -2.41. The van der Waals surface area contributed by atoms with Gasteiger partial charge in [-0.05, 0) is 31.9 Å². The fourth-order valence-corrected chi connectivity index (χ4v) is 3.74. The van der Waals surface area contributed by atoms with E-state index >= 15 is 0 Å². The van der Waals surface area contributed by atoms with Crippen molar-refractivity contribution < 1.29 is 5.11 Å². The van der Waals surface area contributed by atoms with Gasteiger partial charge in [0.2, 0.25) is 0 Å². The van der Waals surface area contributed by atoms with Crippen LogP contribution in [0.2, 0.25) is 0 Å². The Morgan fingerprint density at radius 1 is 1.26 bits per heavy atom. The zero-order valence-electron chi connectivity index (χ0n) is 11.8. The molecule has 0 aromatic heterocycles. The fourth-order valence-electron chi connectivity index (χ4n) is 3.74. The van der Waals surface area contributed by atoms with Crippen LogP contribution in [0.25, 0.3) is 0 Å². The number of aromatic hydroxyl groups is 1. The largest absolute Gasteiger partial charge is 0.508 e. The van der Waals surface area contributed by atoms with Gasteiger partial charge in [-0.15, -0.1) is 0 Å². The van der Waals surface area contributed by atoms with Crippen molar-refractivity contribution in [2.24, 2.45) is 0 Å². The van der Waals surface area contributed by atoms with E-state index in [0.717, 1.165) is 31.1 Å². The molecule has 1 aromatic carbocycles. The molecule has 0 radical (unpaired) electrons. The zero-order valence-corrected chi connectivity index (χ0v) is 11.8. The van der Waals surface area contributed by atoms with Crippen molar-refractivity contribution in [1.82, 2.24) is 9.80 Å². The summed E-state index contributed by atoms with van der Waals surface area (Å²) in [5, 5.41) is 10.1. The third kappa shape index (κ3) is 2.49. The normalized spacial score (nSPS) is 26.3. The SMILES string of the molecule is CCC(c1ccccc1O)N1CCN2CCCC2C1. The number of hydrogen-bond acceptors (Lipinski definition) is 3. The summed E-state index contributed by atoms with van der Waals surface area (Å²) in [4.78, 5) is 5.20. The van der Waals surface area contributed by atoms with Crippen molar-refractivity contribution in [3.8, 4) is 5.75 Å². The summed E-state index contributed by atoms with van der Waals surface area (Å²) in [6, 6.07) is 8.93. The lowest BCUT2D eigenvalue weighted by molar-refractivity contribution is 0.0687. The monoisotopic (exact) mass is 260 g/mol. The van der Waals surface area contributed by atoms with E-state index in [2.05, 4.69) is 22.8 Å². The molecule has 3 nitrogen and oxygen atoms in total. The molecule has 2 saturated heterocycles. The van der Waals surface area contributed by atoms with Crippen molar-refractivity contribution >= 4 is 0 Å². The number of piperazine rings is 1. The minimum absolute atomic E-state index is 0.365. The van der Waals surface area contributed by atoms with Crippen molar-refractivity contribution in [3.05, 3.63) is 29.8 Å². The van der Waals surface area contributed by atoms with Crippen LogP contribution >= 0.6 is 0 Å². The number of phenolic OH excluding ortho intramolecular Hbond substituents is 1. The molecule has 2 aliphatic heterocycles. The third-order valence-corrected chi connectivity index (χ3v) is 4.74. The first-order chi connectivity index (χ1) is 9.29. The predicted molar refractivity (Wildman–Crippen MR) is 77.3 cm³/mol. The first-order valence-electron chi connectivity index (χ1n) is 7.55. The van der Waals surface area contributed by atoms with E-state index in [0.29, 0.717) is 11.8 Å². The van der Waals surface area contributed by atoms with E-state index in [4.69, 9.17) is 0 Å². The summed E-state index contributed by atoms with van der Waals surface area (Å²) in [5.74, 6) is 0.447. The highest BCUT2D eigenvalue weighted by atomic mass is 16.3. The first-order valence-corrected chi connectivity index (χ1v) is 7.55. The molecular formula is C16H24N2O. The van der Waals surface area contributed by atoms with Crippen molar-refractivity contribution in [3.63, 3.8) is 0 Å². The highest BCUT2D eigenvalue weighted by Crippen LogP contribution is 2.33. The van der Waals surface area contributed by atoms with Gasteiger partial charge in [0.25, 0.3) is 0 Å². The average Bonchev–Trinajstić information content (AvgIpc) is 2.89. The summed E-state index contributed by atoms with van der Waals surface area (Å²) in [7, 11) is 0. The van der Waals surface area contributed by atoms with Gasteiger partial charge in [-0.3, -0.25) is 9.80 Å². The second-order valence-corrected chi connectivity index (χ2v) is 5.81. The molecule has 3 rings (SSSR count). The number of fused-ring (bicyclic) bond motifs is 1. The summed E-state index contributed by atoms with van der Waals surface area (Å²) in [6.45, 7) is 6.98. The Morgan fingerprint density at radius 3 is 2.89 bits per heavy atom. The minimum atomic E-state index is 0.365. The fraction of sp³-hybridized carbons (Fsp3) is 0.625. The molecule has 0 saturated carbocycles. The van der Waals surface area contributed by atoms with Crippen LogP contribution in [0.1, 0.15) is 37.8 Å². The summed E-state index contributed by atoms with van der Waals surface area (Å²) >= 11 is 0. The number of nitrogens with zero attached hydrogens (tertiary/aromatic N) is 2. The Balaban J connectivity index is 1.77. The standard InChI is InChI=1S/C16H24N2O/c1-2-15(14-7-3-4-8-16(14)19)18-11-10-17-9-5-6-13(17)12-18/h3-4,7-8,13,15,19H,2,5-6,9-12H2,1H3. The first kappa shape index (κ1) is 12.9. The van der Waals surface area contributed by atoms with Gasteiger partial charge in [0, 0.05) is 37.3 Å². The molecule has 0 spiro atoms. The van der Waals surface area contributed by atoms with Crippen LogP contribution in [0.5, 0.6) is 5.75 Å². The van der Waals surface area contributed by atoms with Gasteiger partial charge < -0.3 is 5.11 Å². The zero-order chi connectivity index (χ0) is 13.2. The minimum Gasteiger partial charge on any atom is -0.508 e. The summed E-state index contributed by atoms with van der Waals surface area (Å²) in [5.41, 5.74) is 1.09. The van der Waals surface area contributed by atoms with Gasteiger partial charge in [0.15, 0.2) is 0 Å². The van der Waals surface area contributed by atoms with Gasteiger partial charge in [0.1, 0.15) is 5.75 Å². The maximum absolute atomic E-state index is 10.1. The van der Waals surface area contributed by atoms with Crippen LogP contribution in [0, 0.1) is 0 Å². The molecule has 2 aliphatic rings. The molecule has 1 aromatic rings. The Kier molecular flexibility index (Phi) is 3.76. The van der Waals surface area contributed by atoms with Crippen LogP contribution in [-0.4, -0.2) is 47.1 Å². The van der Waals surface area contributed by atoms with Crippen LogP contribution in [0.4, 0.5) is 0 Å². The highest BCUT2D eigenvalue weighted by molar-refractivity contribution is 5.34. The lowest BCUT2D eigenvalue weighted by Crippen LogP contribution is -2.51. The van der Waals surface area contributed by atoms with E-state index < -0.39 is 0 Å². The Bertz CT molecular complexity index is 435. The van der Waals surface area contributed by atoms with Crippen molar-refractivity contribution in [2.45, 2.75) is 38.3 Å². The topological polar surface area (TPSA) is 26.7 Å². The molecular weight excluding hydrogens is 236 g/mol. The van der Waals surface area contributed by atoms with E-state index in [1.807, 2.05) is 18.2 Å². The van der Waals surface area contributed by atoms with Crippen molar-refractivity contribution in [1.29, 1.82) is 0 Å². The third-order valence-electron chi connectivity index (χ3n) is 4.74. The van der Waals surface area contributed by atoms with Gasteiger partial charge >= 0.3 is 0 Å². The Hall–Kier alpha value is -1.06. The molecule has 2 heterocycles. The van der Waals surface area contributed by atoms with Crippen LogP contribution in [0.15, 0.2) is 24.3 Å². The second-order valence-electron chi connectivity index (χ2n) is 5.81. The van der Waals surface area contributed by atoms with Gasteiger partial charge in [-0.25, -0.2) is 0 Å². The number of rotatable bonds is 3. The maximum atomic E-state index is 10.1. The number of para-hydroxylation sites is 1. The molecule has 2 fully saturated rings. The number of phenols is 1. The molecule has 2 unspecified atom stereocenters. The maximum Gasteiger partial charge on any atom is 0.120 e. The van der Waals surface area contributed by atoms with Gasteiger partial charge in [0.05, 0.1) is 0 Å². The molecule has 3 heteroatoms. The van der Waals surface area contributed by atoms with E-state index in [1.165, 1.54) is 25.9 Å². The van der Waals surface area contributed by atoms with Crippen LogP contribution < -0.4 is 0 Å². The quantitative estimate of drug-likeness (QED) is 0.905. The van der Waals surface area contributed by atoms with Crippen LogP contribution in [-0.2, 0) is 0 Å². The predicted octanol–water partition coefficient (Wildman–Crippen LogP) is 2.62. The van der Waals surface area contributed by atoms with Crippen molar-refractivity contribution in [2.75, 3.05) is 26.2 Å².